The second kappa shape index (κ2) is 20.1. The average molecular weight is 446 g/mol. The first-order valence-corrected chi connectivity index (χ1v) is 9.49. The molecule has 1 aromatic rings. The molecule has 0 saturated carbocycles. The third-order valence-electron chi connectivity index (χ3n) is 4.55. The van der Waals surface area contributed by atoms with Crippen LogP contribution in [-0.4, -0.2) is 0 Å². The van der Waals surface area contributed by atoms with Gasteiger partial charge in [-0.2, -0.15) is 0 Å². The number of hydrogen-bond acceptors (Lipinski definition) is 0. The topological polar surface area (TPSA) is 27.6 Å². The minimum absolute atomic E-state index is 0. The molecule has 1 nitrogen and oxygen atoms in total. The molecule has 0 aliphatic rings. The van der Waals surface area contributed by atoms with Gasteiger partial charge in [0.25, 0.3) is 0 Å². The summed E-state index contributed by atoms with van der Waals surface area (Å²) in [6, 6.07) is 8.85. The van der Waals surface area contributed by atoms with Gasteiger partial charge in [0.05, 0.1) is 0 Å². The highest BCUT2D eigenvalue weighted by molar-refractivity contribution is 5.31. The van der Waals surface area contributed by atoms with Crippen molar-refractivity contribution in [2.75, 3.05) is 0 Å². The van der Waals surface area contributed by atoms with Gasteiger partial charge in [0.15, 0.2) is 0 Å². The van der Waals surface area contributed by atoms with E-state index in [1.165, 1.54) is 81.8 Å². The number of halogens is 4. The van der Waals surface area contributed by atoms with Gasteiger partial charge in [-0.25, -0.2) is 0 Å². The van der Waals surface area contributed by atoms with Crippen molar-refractivity contribution in [2.24, 2.45) is 0 Å². The smallest absolute Gasteiger partial charge is 0.115 e. The lowest BCUT2D eigenvalue weighted by molar-refractivity contribution is -0.475. The molecule has 0 fully saturated rings. The predicted octanol–water partition coefficient (Wildman–Crippen LogP) is -6.36. The minimum Gasteiger partial charge on any atom is -1.00 e. The molecule has 0 aliphatic carbocycles. The van der Waals surface area contributed by atoms with Crippen molar-refractivity contribution in [3.05, 3.63) is 35.4 Å². The Bertz CT molecular complexity index is 405. The van der Waals surface area contributed by atoms with Crippen molar-refractivity contribution in [1.82, 2.24) is 0 Å². The Hall–Kier alpha value is 0.340. The molecule has 0 heterocycles. The Morgan fingerprint density at radius 1 is 0.692 bits per heavy atom. The first kappa shape index (κ1) is 33.9. The Morgan fingerprint density at radius 3 is 1.58 bits per heavy atom. The molecule has 0 radical (unpaired) electrons. The molecule has 0 bridgehead atoms. The number of unbranched alkanes of at least 4 members (excludes halogenated alkanes) is 9. The molecule has 3 N–H and O–H groups in total. The quantitative estimate of drug-likeness (QED) is 0.310. The highest BCUT2D eigenvalue weighted by atomic mass is 35.5. The Kier molecular flexibility index (Phi) is 26.2. The lowest BCUT2D eigenvalue weighted by atomic mass is 9.89. The molecule has 0 aliphatic heterocycles. The van der Waals surface area contributed by atoms with Crippen LogP contribution in [0.5, 0.6) is 0 Å². The molecule has 0 saturated heterocycles. The fourth-order valence-electron chi connectivity index (χ4n) is 3.20. The van der Waals surface area contributed by atoms with Crippen LogP contribution < -0.4 is 55.4 Å². The van der Waals surface area contributed by atoms with Gasteiger partial charge in [0.1, 0.15) is 5.54 Å². The van der Waals surface area contributed by atoms with Crippen molar-refractivity contribution in [1.29, 1.82) is 0 Å². The molecule has 0 atom stereocenters. The van der Waals surface area contributed by atoms with Crippen LogP contribution in [0.2, 0.25) is 0 Å². The van der Waals surface area contributed by atoms with E-state index in [2.05, 4.69) is 50.8 Å². The number of hydrogen-bond donors (Lipinski definition) is 1. The predicted molar refractivity (Wildman–Crippen MR) is 97.9 cm³/mol. The van der Waals surface area contributed by atoms with E-state index in [4.69, 9.17) is 0 Å². The van der Waals surface area contributed by atoms with E-state index in [0.29, 0.717) is 0 Å². The Balaban J connectivity index is -0.000000605. The van der Waals surface area contributed by atoms with Gasteiger partial charge in [0, 0.05) is 5.56 Å². The second-order valence-electron chi connectivity index (χ2n) is 7.47. The second-order valence-corrected chi connectivity index (χ2v) is 7.47. The number of benzene rings is 1. The van der Waals surface area contributed by atoms with Gasteiger partial charge in [-0.1, -0.05) is 89.0 Å². The highest BCUT2D eigenvalue weighted by Gasteiger charge is 2.20. The molecule has 0 aromatic heterocycles. The lowest BCUT2D eigenvalue weighted by Crippen LogP contribution is -3.00. The van der Waals surface area contributed by atoms with Crippen molar-refractivity contribution in [3.8, 4) is 0 Å². The van der Waals surface area contributed by atoms with Crippen LogP contribution in [0.15, 0.2) is 24.3 Å². The molecule has 1 aromatic carbocycles. The third kappa shape index (κ3) is 15.4. The zero-order chi connectivity index (χ0) is 16.3. The van der Waals surface area contributed by atoms with Crippen LogP contribution in [0.1, 0.15) is 96.1 Å². The fraction of sp³-hybridized carbons (Fsp3) is 0.714. The summed E-state index contributed by atoms with van der Waals surface area (Å²) in [7, 11) is 0. The Labute approximate surface area is 187 Å². The van der Waals surface area contributed by atoms with Crippen LogP contribution in [0.3, 0.4) is 0 Å². The maximum Gasteiger partial charge on any atom is 0.115 e. The average Bonchev–Trinajstić information content (AvgIpc) is 2.48. The zero-order valence-electron chi connectivity index (χ0n) is 16.8. The standard InChI is InChI=1S/C21H37N.4ClH/c1-4-5-6-7-8-9-10-11-12-13-16-19-17-14-15-18-20(19)21(2,3)22;;;;/h14-15,17-18H,4-13,16,22H2,1-3H3;4*1H/p-3. The van der Waals surface area contributed by atoms with E-state index >= 15 is 0 Å². The van der Waals surface area contributed by atoms with E-state index in [1.54, 1.807) is 0 Å². The molecule has 5 heteroatoms. The van der Waals surface area contributed by atoms with Gasteiger partial charge < -0.3 is 55.4 Å². The van der Waals surface area contributed by atoms with Gasteiger partial charge in [0.2, 0.25) is 0 Å². The number of quaternary nitrogens is 1. The number of aryl methyl sites for hydroxylation is 1. The third-order valence-corrected chi connectivity index (χ3v) is 4.55. The van der Waals surface area contributed by atoms with Gasteiger partial charge in [-0.15, -0.1) is 0 Å². The summed E-state index contributed by atoms with van der Waals surface area (Å²) in [6.45, 7) is 6.71. The lowest BCUT2D eigenvalue weighted by Gasteiger charge is -2.19. The minimum atomic E-state index is 0. The van der Waals surface area contributed by atoms with Gasteiger partial charge >= 0.3 is 0 Å². The van der Waals surface area contributed by atoms with Crippen LogP contribution in [-0.2, 0) is 12.0 Å². The summed E-state index contributed by atoms with van der Waals surface area (Å²) in [6.07, 6.45) is 15.3. The van der Waals surface area contributed by atoms with Crippen molar-refractivity contribution < 1.29 is 55.4 Å². The van der Waals surface area contributed by atoms with Crippen LogP contribution in [0.25, 0.3) is 0 Å². The van der Waals surface area contributed by atoms with E-state index in [9.17, 15) is 0 Å². The molecule has 158 valence electrons. The molecule has 26 heavy (non-hydrogen) atoms. The van der Waals surface area contributed by atoms with Crippen LogP contribution in [0, 0.1) is 0 Å². The zero-order valence-corrected chi connectivity index (χ0v) is 19.8. The summed E-state index contributed by atoms with van der Waals surface area (Å²) in [5.41, 5.74) is 7.25. The summed E-state index contributed by atoms with van der Waals surface area (Å²) in [5.74, 6) is 0. The van der Waals surface area contributed by atoms with E-state index in [1.807, 2.05) is 0 Å². The van der Waals surface area contributed by atoms with Crippen molar-refractivity contribution in [3.63, 3.8) is 0 Å². The largest absolute Gasteiger partial charge is 1.00 e. The monoisotopic (exact) mass is 444 g/mol. The first-order valence-electron chi connectivity index (χ1n) is 9.49. The van der Waals surface area contributed by atoms with Crippen molar-refractivity contribution in [2.45, 2.75) is 96.9 Å². The fourth-order valence-corrected chi connectivity index (χ4v) is 3.20. The van der Waals surface area contributed by atoms with Gasteiger partial charge in [-0.05, 0) is 32.3 Å². The SMILES string of the molecule is CCCCCCCCCCCCc1ccccc1C(C)(C)[NH3+].[Cl-].[Cl-].[Cl-].[Cl-]. The molecular weight excluding hydrogens is 408 g/mol. The van der Waals surface area contributed by atoms with Crippen LogP contribution in [0.4, 0.5) is 0 Å². The number of rotatable bonds is 12. The summed E-state index contributed by atoms with van der Waals surface area (Å²) in [5, 5.41) is 0. The summed E-state index contributed by atoms with van der Waals surface area (Å²) in [4.78, 5) is 0. The Morgan fingerprint density at radius 2 is 1.12 bits per heavy atom. The normalized spacial score (nSPS) is 10.0. The first-order chi connectivity index (χ1) is 10.6. The maximum atomic E-state index is 4.30. The molecule has 0 unspecified atom stereocenters. The van der Waals surface area contributed by atoms with Crippen LogP contribution >= 0.6 is 0 Å². The maximum absolute atomic E-state index is 4.30. The van der Waals surface area contributed by atoms with E-state index in [0.717, 1.165) is 0 Å². The molecular formula is C21H38Cl4N-3. The summed E-state index contributed by atoms with van der Waals surface area (Å²) >= 11 is 0. The van der Waals surface area contributed by atoms with E-state index in [-0.39, 0.29) is 55.2 Å². The van der Waals surface area contributed by atoms with E-state index < -0.39 is 0 Å². The van der Waals surface area contributed by atoms with Crippen molar-refractivity contribution >= 4 is 0 Å². The molecule has 0 amide bonds. The highest BCUT2D eigenvalue weighted by Crippen LogP contribution is 2.21. The van der Waals surface area contributed by atoms with Gasteiger partial charge in [-0.3, -0.25) is 0 Å². The molecule has 1 rings (SSSR count). The molecule has 0 spiro atoms. The summed E-state index contributed by atoms with van der Waals surface area (Å²) < 4.78 is 0.